The highest BCUT2D eigenvalue weighted by Gasteiger charge is 2.76. The van der Waals surface area contributed by atoms with E-state index in [9.17, 15) is 44.3 Å². The first kappa shape index (κ1) is 24.4. The third kappa shape index (κ3) is 5.69. The second-order valence-electron chi connectivity index (χ2n) is 5.17. The van der Waals surface area contributed by atoms with Gasteiger partial charge in [0.15, 0.2) is 0 Å². The first-order chi connectivity index (χ1) is 12.4. The summed E-state index contributed by atoms with van der Waals surface area (Å²) >= 11 is 1.65. The molecule has 0 bridgehead atoms. The molecule has 0 heterocycles. The van der Waals surface area contributed by atoms with E-state index in [0.29, 0.717) is 9.64 Å². The molecule has 0 aliphatic carbocycles. The smallest absolute Gasteiger partial charge is 0.434 e. The molecule has 0 spiro atoms. The zero-order valence-corrected chi connectivity index (χ0v) is 16.4. The molecule has 0 saturated carbocycles. The Morgan fingerprint density at radius 2 is 1.61 bits per heavy atom. The zero-order valence-electron chi connectivity index (χ0n) is 13.4. The van der Waals surface area contributed by atoms with Gasteiger partial charge in [0.25, 0.3) is 10.1 Å². The van der Waals surface area contributed by atoms with Crippen LogP contribution in [0.25, 0.3) is 0 Å². The lowest BCUT2D eigenvalue weighted by molar-refractivity contribution is -0.356. The fourth-order valence-corrected chi connectivity index (χ4v) is 3.21. The van der Waals surface area contributed by atoms with Crippen LogP contribution in [0.15, 0.2) is 18.2 Å². The van der Waals surface area contributed by atoms with Crippen LogP contribution >= 0.6 is 22.6 Å². The summed E-state index contributed by atoms with van der Waals surface area (Å²) in [6.45, 7) is 0.850. The van der Waals surface area contributed by atoms with Crippen molar-refractivity contribution in [1.82, 2.24) is 0 Å². The minimum Gasteiger partial charge on any atom is -0.434 e. The summed E-state index contributed by atoms with van der Waals surface area (Å²) in [5.41, 5.74) is -6.58. The molecule has 158 valence electrons. The van der Waals surface area contributed by atoms with Gasteiger partial charge in [-0.05, 0) is 40.8 Å². The maximum absolute atomic E-state index is 13.2. The van der Waals surface area contributed by atoms with E-state index < -0.39 is 57.1 Å². The monoisotopic (exact) mass is 550 g/mol. The number of carbonyl (C=O) groups is 2. The summed E-state index contributed by atoms with van der Waals surface area (Å²) in [7, 11) is -5.92. The molecule has 0 unspecified atom stereocenters. The molecular formula is C13H9F6IO7S. The summed E-state index contributed by atoms with van der Waals surface area (Å²) < 4.78 is 118. The first-order valence-corrected chi connectivity index (χ1v) is 9.38. The molecule has 0 aromatic heterocycles. The molecule has 0 atom stereocenters. The number of hydrogen-bond donors (Lipinski definition) is 1. The molecule has 1 N–H and O–H groups in total. The van der Waals surface area contributed by atoms with E-state index in [1.807, 2.05) is 0 Å². The molecule has 28 heavy (non-hydrogen) atoms. The highest BCUT2D eigenvalue weighted by Crippen LogP contribution is 2.47. The Kier molecular flexibility index (Phi) is 6.99. The third-order valence-electron chi connectivity index (χ3n) is 2.99. The summed E-state index contributed by atoms with van der Waals surface area (Å²) in [6, 6.07) is 2.74. The molecule has 0 amide bonds. The summed E-state index contributed by atoms with van der Waals surface area (Å²) in [4.78, 5) is 23.1. The lowest BCUT2D eigenvalue weighted by atomic mass is 10.1. The molecule has 1 aromatic carbocycles. The summed E-state index contributed by atoms with van der Waals surface area (Å²) in [6.07, 6.45) is -12.9. The van der Waals surface area contributed by atoms with Crippen LogP contribution in [-0.4, -0.2) is 48.6 Å². The van der Waals surface area contributed by atoms with Crippen LogP contribution in [0.4, 0.5) is 26.3 Å². The maximum atomic E-state index is 13.2. The Labute approximate surface area is 166 Å². The summed E-state index contributed by atoms with van der Waals surface area (Å²) in [5.74, 6) is -7.07. The van der Waals surface area contributed by atoms with Crippen molar-refractivity contribution >= 4 is 44.6 Å². The number of rotatable bonds is 5. The average Bonchev–Trinajstić information content (AvgIpc) is 2.41. The van der Waals surface area contributed by atoms with Gasteiger partial charge in [0.2, 0.25) is 0 Å². The van der Waals surface area contributed by atoms with E-state index in [-0.39, 0.29) is 0 Å². The van der Waals surface area contributed by atoms with E-state index in [1.165, 1.54) is 0 Å². The van der Waals surface area contributed by atoms with E-state index >= 15 is 0 Å². The lowest BCUT2D eigenvalue weighted by Gasteiger charge is -2.35. The molecule has 0 fully saturated rings. The van der Waals surface area contributed by atoms with E-state index in [2.05, 4.69) is 9.47 Å². The molecule has 0 radical (unpaired) electrons. The quantitative estimate of drug-likeness (QED) is 0.198. The second kappa shape index (κ2) is 8.02. The molecule has 1 rings (SSSR count). The molecule has 0 aliphatic rings. The van der Waals surface area contributed by atoms with Gasteiger partial charge in [-0.25, -0.2) is 4.79 Å². The molecule has 0 saturated heterocycles. The number of ether oxygens (including phenoxy) is 2. The van der Waals surface area contributed by atoms with Crippen molar-refractivity contribution in [1.29, 1.82) is 0 Å². The predicted molar refractivity (Wildman–Crippen MR) is 87.1 cm³/mol. The fraction of sp³-hybridized carbons (Fsp3) is 0.385. The van der Waals surface area contributed by atoms with Gasteiger partial charge in [0.05, 0.1) is 0 Å². The number of carbonyl (C=O) groups excluding carboxylic acids is 2. The van der Waals surface area contributed by atoms with Crippen LogP contribution in [0.3, 0.4) is 0 Å². The SMILES string of the molecule is CC(=O)Oc1cc(I)ccc1C(=O)OC(CS(=O)(=O)O)(C(F)(F)F)C(F)(F)F. The van der Waals surface area contributed by atoms with E-state index in [0.717, 1.165) is 19.1 Å². The van der Waals surface area contributed by atoms with Crippen molar-refractivity contribution in [2.75, 3.05) is 5.75 Å². The van der Waals surface area contributed by atoms with E-state index in [1.54, 1.807) is 22.6 Å². The molecule has 7 nitrogen and oxygen atoms in total. The van der Waals surface area contributed by atoms with Gasteiger partial charge in [0.1, 0.15) is 17.1 Å². The van der Waals surface area contributed by atoms with Gasteiger partial charge < -0.3 is 9.47 Å². The van der Waals surface area contributed by atoms with Crippen LogP contribution in [0.2, 0.25) is 0 Å². The average molecular weight is 550 g/mol. The lowest BCUT2D eigenvalue weighted by Crippen LogP contribution is -2.63. The Morgan fingerprint density at radius 3 is 2.00 bits per heavy atom. The Morgan fingerprint density at radius 1 is 1.11 bits per heavy atom. The number of esters is 2. The van der Waals surface area contributed by atoms with Crippen molar-refractivity contribution in [3.05, 3.63) is 27.3 Å². The fourth-order valence-electron chi connectivity index (χ4n) is 1.84. The van der Waals surface area contributed by atoms with E-state index in [4.69, 9.17) is 4.55 Å². The van der Waals surface area contributed by atoms with Crippen molar-refractivity contribution in [2.45, 2.75) is 24.9 Å². The number of halogens is 7. The van der Waals surface area contributed by atoms with Crippen molar-refractivity contribution in [3.8, 4) is 5.75 Å². The van der Waals surface area contributed by atoms with Gasteiger partial charge in [-0.15, -0.1) is 0 Å². The maximum Gasteiger partial charge on any atom is 0.438 e. The van der Waals surface area contributed by atoms with Crippen LogP contribution in [0, 0.1) is 3.57 Å². The highest BCUT2D eigenvalue weighted by atomic mass is 127. The topological polar surface area (TPSA) is 107 Å². The molecule has 1 aromatic rings. The number of alkyl halides is 6. The Bertz CT molecular complexity index is 864. The van der Waals surface area contributed by atoms with Gasteiger partial charge in [-0.1, -0.05) is 0 Å². The standard InChI is InChI=1S/C13H9F6IO7S/c1-6(21)26-9-4-7(20)2-3-8(9)10(22)27-11(12(14,15)16,13(17,18)19)5-28(23,24)25/h2-4H,5H2,1H3,(H,23,24,25). The minimum atomic E-state index is -6.47. The number of hydrogen-bond acceptors (Lipinski definition) is 6. The zero-order chi connectivity index (χ0) is 22.1. The predicted octanol–water partition coefficient (Wildman–Crippen LogP) is 3.12. The second-order valence-corrected chi connectivity index (χ2v) is 7.87. The highest BCUT2D eigenvalue weighted by molar-refractivity contribution is 14.1. The molecular weight excluding hydrogens is 541 g/mol. The largest absolute Gasteiger partial charge is 0.438 e. The van der Waals surface area contributed by atoms with Crippen LogP contribution in [-0.2, 0) is 19.6 Å². The van der Waals surface area contributed by atoms with Crippen molar-refractivity contribution in [2.24, 2.45) is 0 Å². The third-order valence-corrected chi connectivity index (χ3v) is 4.43. The first-order valence-electron chi connectivity index (χ1n) is 6.69. The van der Waals surface area contributed by atoms with Gasteiger partial charge in [-0.2, -0.15) is 34.8 Å². The van der Waals surface area contributed by atoms with Crippen LogP contribution in [0.5, 0.6) is 5.75 Å². The van der Waals surface area contributed by atoms with Gasteiger partial charge in [0, 0.05) is 10.5 Å². The number of benzene rings is 1. The van der Waals surface area contributed by atoms with Crippen LogP contribution < -0.4 is 4.74 Å². The molecule has 0 aliphatic heterocycles. The normalized spacial score (nSPS) is 13.2. The van der Waals surface area contributed by atoms with Crippen LogP contribution in [0.1, 0.15) is 17.3 Å². The minimum absolute atomic E-state index is 0.293. The van der Waals surface area contributed by atoms with Crippen molar-refractivity contribution < 1.29 is 58.4 Å². The van der Waals surface area contributed by atoms with Gasteiger partial charge >= 0.3 is 29.9 Å². The van der Waals surface area contributed by atoms with Crippen molar-refractivity contribution in [3.63, 3.8) is 0 Å². The Balaban J connectivity index is 3.57. The Hall–Kier alpha value is -1.62. The van der Waals surface area contributed by atoms with Gasteiger partial charge in [-0.3, -0.25) is 9.35 Å². The summed E-state index contributed by atoms with van der Waals surface area (Å²) in [5, 5.41) is 0. The molecule has 15 heteroatoms.